The van der Waals surface area contributed by atoms with Crippen LogP contribution in [0.25, 0.3) is 21.9 Å². The lowest BCUT2D eigenvalue weighted by Crippen LogP contribution is -2.46. The highest BCUT2D eigenvalue weighted by Gasteiger charge is 2.19. The minimum atomic E-state index is 0.000804. The van der Waals surface area contributed by atoms with E-state index in [0.717, 1.165) is 73.2 Å². The third kappa shape index (κ3) is 4.47. The number of hydrogen-bond donors (Lipinski definition) is 1. The van der Waals surface area contributed by atoms with Crippen molar-refractivity contribution in [2.45, 2.75) is 26.3 Å². The van der Waals surface area contributed by atoms with Gasteiger partial charge in [0, 0.05) is 43.6 Å². The molecule has 0 bridgehead atoms. The zero-order valence-corrected chi connectivity index (χ0v) is 20.2. The molecule has 1 aliphatic rings. The molecular formula is C25H27Cl2N5O. The van der Waals surface area contributed by atoms with E-state index in [-0.39, 0.29) is 5.56 Å². The molecule has 0 atom stereocenters. The van der Waals surface area contributed by atoms with Crippen molar-refractivity contribution >= 4 is 50.8 Å². The average molecular weight is 484 g/mol. The predicted molar refractivity (Wildman–Crippen MR) is 137 cm³/mol. The number of rotatable bonds is 6. The van der Waals surface area contributed by atoms with Crippen molar-refractivity contribution in [2.24, 2.45) is 0 Å². The minimum absolute atomic E-state index is 0.000804. The number of nitrogens with zero attached hydrogens (tertiary/aromatic N) is 4. The summed E-state index contributed by atoms with van der Waals surface area (Å²) in [6.07, 6.45) is 3.66. The number of halogens is 2. The van der Waals surface area contributed by atoms with Crippen molar-refractivity contribution in [1.82, 2.24) is 19.4 Å². The second-order valence-corrected chi connectivity index (χ2v) is 9.53. The largest absolute Gasteiger partial charge is 0.368 e. The van der Waals surface area contributed by atoms with E-state index in [9.17, 15) is 4.79 Å². The Bertz CT molecular complexity index is 1350. The monoisotopic (exact) mass is 483 g/mol. The van der Waals surface area contributed by atoms with Crippen LogP contribution < -0.4 is 10.5 Å². The fraction of sp³-hybridized carbons (Fsp3) is 0.360. The summed E-state index contributed by atoms with van der Waals surface area (Å²) in [7, 11) is 0. The molecule has 33 heavy (non-hydrogen) atoms. The topological polar surface area (TPSA) is 57.2 Å². The lowest BCUT2D eigenvalue weighted by atomic mass is 10.2. The Morgan fingerprint density at radius 2 is 1.82 bits per heavy atom. The smallest absolute Gasteiger partial charge is 0.277 e. The Morgan fingerprint density at radius 1 is 1.03 bits per heavy atom. The van der Waals surface area contributed by atoms with Crippen LogP contribution in [0.2, 0.25) is 10.0 Å². The van der Waals surface area contributed by atoms with Crippen molar-refractivity contribution in [3.63, 3.8) is 0 Å². The van der Waals surface area contributed by atoms with Crippen LogP contribution in [0.3, 0.4) is 0 Å². The van der Waals surface area contributed by atoms with Gasteiger partial charge in [-0.2, -0.15) is 0 Å². The van der Waals surface area contributed by atoms with Gasteiger partial charge in [-0.15, -0.1) is 0 Å². The number of unbranched alkanes of at least 4 members (excludes halogenated alkanes) is 1. The van der Waals surface area contributed by atoms with Gasteiger partial charge in [-0.25, -0.2) is 4.98 Å². The van der Waals surface area contributed by atoms with E-state index in [1.807, 2.05) is 37.3 Å². The van der Waals surface area contributed by atoms with E-state index in [0.29, 0.717) is 22.1 Å². The van der Waals surface area contributed by atoms with Gasteiger partial charge in [0.2, 0.25) is 0 Å². The van der Waals surface area contributed by atoms with Gasteiger partial charge < -0.3 is 9.88 Å². The second kappa shape index (κ2) is 9.37. The summed E-state index contributed by atoms with van der Waals surface area (Å²) in [6.45, 7) is 7.59. The molecular weight excluding hydrogens is 457 g/mol. The Labute approximate surface area is 202 Å². The molecule has 1 saturated heterocycles. The Morgan fingerprint density at radius 3 is 2.64 bits per heavy atom. The number of aromatic nitrogens is 3. The minimum Gasteiger partial charge on any atom is -0.368 e. The Kier molecular flexibility index (Phi) is 6.32. The number of anilines is 1. The second-order valence-electron chi connectivity index (χ2n) is 8.75. The Hall–Kier alpha value is -2.54. The summed E-state index contributed by atoms with van der Waals surface area (Å²) < 4.78 is 1.73. The summed E-state index contributed by atoms with van der Waals surface area (Å²) in [5.41, 5.74) is 4.47. The van der Waals surface area contributed by atoms with Gasteiger partial charge in [0.05, 0.1) is 22.1 Å². The van der Waals surface area contributed by atoms with Gasteiger partial charge in [0.1, 0.15) is 11.0 Å². The molecule has 172 valence electrons. The molecule has 0 unspecified atom stereocenters. The maximum atomic E-state index is 13.0. The van der Waals surface area contributed by atoms with Crippen LogP contribution in [-0.2, 0) is 6.54 Å². The van der Waals surface area contributed by atoms with E-state index in [1.165, 1.54) is 0 Å². The number of piperazine rings is 1. The van der Waals surface area contributed by atoms with Crippen molar-refractivity contribution < 1.29 is 0 Å². The van der Waals surface area contributed by atoms with Crippen LogP contribution >= 0.6 is 23.2 Å². The number of nitrogens with one attached hydrogen (secondary N) is 1. The molecule has 0 spiro atoms. The number of fused-ring (bicyclic) bond motifs is 3. The molecule has 0 aliphatic carbocycles. The fourth-order valence-electron chi connectivity index (χ4n) is 4.63. The Balaban J connectivity index is 1.15. The summed E-state index contributed by atoms with van der Waals surface area (Å²) in [4.78, 5) is 25.6. The zero-order valence-electron chi connectivity index (χ0n) is 18.7. The van der Waals surface area contributed by atoms with Crippen molar-refractivity contribution in [3.8, 4) is 0 Å². The lowest BCUT2D eigenvalue weighted by molar-refractivity contribution is 0.251. The molecule has 6 nitrogen and oxygen atoms in total. The first kappa shape index (κ1) is 22.3. The molecule has 8 heteroatoms. The first-order valence-corrected chi connectivity index (χ1v) is 12.2. The molecule has 0 saturated carbocycles. The van der Waals surface area contributed by atoms with Crippen LogP contribution in [0.15, 0.2) is 47.5 Å². The molecule has 1 fully saturated rings. The molecule has 5 rings (SSSR count). The third-order valence-corrected chi connectivity index (χ3v) is 7.30. The van der Waals surface area contributed by atoms with Gasteiger partial charge in [-0.3, -0.25) is 14.3 Å². The molecule has 2 aromatic carbocycles. The molecule has 1 aliphatic heterocycles. The van der Waals surface area contributed by atoms with Crippen molar-refractivity contribution in [3.05, 3.63) is 68.7 Å². The van der Waals surface area contributed by atoms with Gasteiger partial charge in [0.25, 0.3) is 5.56 Å². The average Bonchev–Trinajstić information content (AvgIpc) is 3.19. The number of H-pyrrole nitrogens is 1. The van der Waals surface area contributed by atoms with Crippen molar-refractivity contribution in [2.75, 3.05) is 37.6 Å². The molecule has 2 aromatic heterocycles. The maximum Gasteiger partial charge on any atom is 0.277 e. The van der Waals surface area contributed by atoms with E-state index >= 15 is 0 Å². The molecule has 3 heterocycles. The molecule has 4 aromatic rings. The molecule has 0 radical (unpaired) electrons. The maximum absolute atomic E-state index is 13.0. The highest BCUT2D eigenvalue weighted by atomic mass is 35.5. The summed E-state index contributed by atoms with van der Waals surface area (Å²) in [5, 5.41) is 2.24. The number of aryl methyl sites for hydroxylation is 2. The number of benzene rings is 2. The summed E-state index contributed by atoms with van der Waals surface area (Å²) >= 11 is 12.5. The van der Waals surface area contributed by atoms with E-state index in [4.69, 9.17) is 23.2 Å². The first-order chi connectivity index (χ1) is 16.0. The highest BCUT2D eigenvalue weighted by molar-refractivity contribution is 6.43. The fourth-order valence-corrected chi connectivity index (χ4v) is 5.04. The lowest BCUT2D eigenvalue weighted by Gasteiger charge is -2.36. The summed E-state index contributed by atoms with van der Waals surface area (Å²) in [5.74, 6) is 0. The predicted octanol–water partition coefficient (Wildman–Crippen LogP) is 5.10. The van der Waals surface area contributed by atoms with Crippen LogP contribution in [0.1, 0.15) is 18.4 Å². The summed E-state index contributed by atoms with van der Waals surface area (Å²) in [6, 6.07) is 11.9. The zero-order chi connectivity index (χ0) is 22.9. The van der Waals surface area contributed by atoms with Gasteiger partial charge >= 0.3 is 0 Å². The first-order valence-electron chi connectivity index (χ1n) is 11.4. The quantitative estimate of drug-likeness (QED) is 0.387. The van der Waals surface area contributed by atoms with E-state index < -0.39 is 0 Å². The third-order valence-electron chi connectivity index (χ3n) is 6.50. The molecule has 0 amide bonds. The van der Waals surface area contributed by atoms with Gasteiger partial charge in [-0.05, 0) is 50.6 Å². The molecule has 1 N–H and O–H groups in total. The standard InChI is InChI=1S/C25H27Cl2N5O/c1-17-7-8-20-18(15-17)23-24(29-20)25(33)32(16-28-23)10-3-2-9-30-11-13-31(14-12-30)21-6-4-5-19(26)22(21)27/h4-8,15-16,29H,2-3,9-14H2,1H3. The van der Waals surface area contributed by atoms with Crippen LogP contribution in [0, 0.1) is 6.92 Å². The van der Waals surface area contributed by atoms with E-state index in [1.54, 1.807) is 10.9 Å². The normalized spacial score (nSPS) is 15.1. The highest BCUT2D eigenvalue weighted by Crippen LogP contribution is 2.32. The van der Waals surface area contributed by atoms with Crippen LogP contribution in [-0.4, -0.2) is 52.2 Å². The number of aromatic amines is 1. The van der Waals surface area contributed by atoms with Crippen molar-refractivity contribution in [1.29, 1.82) is 0 Å². The number of hydrogen-bond acceptors (Lipinski definition) is 4. The van der Waals surface area contributed by atoms with Crippen LogP contribution in [0.4, 0.5) is 5.69 Å². The van der Waals surface area contributed by atoms with E-state index in [2.05, 4.69) is 25.8 Å². The van der Waals surface area contributed by atoms with Gasteiger partial charge in [-0.1, -0.05) is 40.9 Å². The van der Waals surface area contributed by atoms with Crippen LogP contribution in [0.5, 0.6) is 0 Å². The SMILES string of the molecule is Cc1ccc2[nH]c3c(=O)n(CCCCN4CCN(c5cccc(Cl)c5Cl)CC4)cnc3c2c1. The van der Waals surface area contributed by atoms with Gasteiger partial charge in [0.15, 0.2) is 0 Å².